The fourth-order valence-electron chi connectivity index (χ4n) is 1.11. The van der Waals surface area contributed by atoms with Crippen molar-refractivity contribution in [1.82, 2.24) is 9.55 Å². The van der Waals surface area contributed by atoms with E-state index >= 15 is 0 Å². The minimum Gasteiger partial charge on any atom is -0.387 e. The standard InChI is InChI=1S/C9H15N3S/c1-7(2)3-5-12-6-4-11-9(12)8(10)13/h4,6-7H,3,5H2,1-2H3,(H2,10,13). The number of rotatable bonds is 4. The molecule has 2 N–H and O–H groups in total. The molecule has 0 radical (unpaired) electrons. The molecule has 0 aliphatic heterocycles. The molecule has 0 fully saturated rings. The molecule has 72 valence electrons. The molecule has 1 heterocycles. The van der Waals surface area contributed by atoms with Crippen molar-refractivity contribution in [2.75, 3.05) is 0 Å². The van der Waals surface area contributed by atoms with Crippen LogP contribution in [0.4, 0.5) is 0 Å². The summed E-state index contributed by atoms with van der Waals surface area (Å²) in [5.74, 6) is 1.40. The van der Waals surface area contributed by atoms with E-state index in [0.29, 0.717) is 10.9 Å². The third-order valence-corrected chi connectivity index (χ3v) is 2.07. The Hall–Kier alpha value is -0.900. The fourth-order valence-corrected chi connectivity index (χ4v) is 1.28. The van der Waals surface area contributed by atoms with Crippen molar-refractivity contribution in [1.29, 1.82) is 0 Å². The van der Waals surface area contributed by atoms with Gasteiger partial charge in [0.25, 0.3) is 0 Å². The summed E-state index contributed by atoms with van der Waals surface area (Å²) < 4.78 is 2.00. The summed E-state index contributed by atoms with van der Waals surface area (Å²) in [6.45, 7) is 5.32. The SMILES string of the molecule is CC(C)CCn1ccnc1C(N)=S. The van der Waals surface area contributed by atoms with Crippen molar-refractivity contribution >= 4 is 17.2 Å². The van der Waals surface area contributed by atoms with Crippen LogP contribution in [-0.4, -0.2) is 14.5 Å². The van der Waals surface area contributed by atoms with E-state index in [9.17, 15) is 0 Å². The van der Waals surface area contributed by atoms with E-state index in [2.05, 4.69) is 18.8 Å². The van der Waals surface area contributed by atoms with Gasteiger partial charge < -0.3 is 10.3 Å². The summed E-state index contributed by atoms with van der Waals surface area (Å²) in [6.07, 6.45) is 4.76. The Balaban J connectivity index is 2.65. The molecule has 1 aromatic rings. The van der Waals surface area contributed by atoms with Gasteiger partial charge in [-0.25, -0.2) is 4.98 Å². The highest BCUT2D eigenvalue weighted by Crippen LogP contribution is 2.05. The summed E-state index contributed by atoms with van der Waals surface area (Å²) in [7, 11) is 0. The lowest BCUT2D eigenvalue weighted by Crippen LogP contribution is -2.17. The maximum absolute atomic E-state index is 5.51. The molecule has 0 saturated carbocycles. The number of hydrogen-bond acceptors (Lipinski definition) is 2. The Morgan fingerprint density at radius 3 is 2.92 bits per heavy atom. The first-order chi connectivity index (χ1) is 6.11. The Bertz CT molecular complexity index is 291. The van der Waals surface area contributed by atoms with Gasteiger partial charge in [0.05, 0.1) is 0 Å². The van der Waals surface area contributed by atoms with Gasteiger partial charge >= 0.3 is 0 Å². The van der Waals surface area contributed by atoms with E-state index in [-0.39, 0.29) is 0 Å². The van der Waals surface area contributed by atoms with Crippen molar-refractivity contribution in [3.05, 3.63) is 18.2 Å². The van der Waals surface area contributed by atoms with Gasteiger partial charge in [0.1, 0.15) is 4.99 Å². The van der Waals surface area contributed by atoms with Gasteiger partial charge in [0.15, 0.2) is 5.82 Å². The molecule has 0 saturated heterocycles. The van der Waals surface area contributed by atoms with Gasteiger partial charge in [-0.3, -0.25) is 0 Å². The highest BCUT2D eigenvalue weighted by atomic mass is 32.1. The van der Waals surface area contributed by atoms with Crippen LogP contribution < -0.4 is 5.73 Å². The molecular weight excluding hydrogens is 182 g/mol. The topological polar surface area (TPSA) is 43.8 Å². The zero-order chi connectivity index (χ0) is 9.84. The molecule has 0 aliphatic carbocycles. The maximum atomic E-state index is 5.51. The van der Waals surface area contributed by atoms with Crippen molar-refractivity contribution in [2.24, 2.45) is 11.7 Å². The Kier molecular flexibility index (Phi) is 3.42. The van der Waals surface area contributed by atoms with Crippen LogP contribution in [0.2, 0.25) is 0 Å². The molecule has 0 amide bonds. The fraction of sp³-hybridized carbons (Fsp3) is 0.556. The van der Waals surface area contributed by atoms with E-state index in [1.807, 2.05) is 10.8 Å². The smallest absolute Gasteiger partial charge is 0.167 e. The monoisotopic (exact) mass is 197 g/mol. The zero-order valence-corrected chi connectivity index (χ0v) is 8.84. The van der Waals surface area contributed by atoms with E-state index in [1.165, 1.54) is 0 Å². The molecule has 1 rings (SSSR count). The first kappa shape index (κ1) is 10.2. The molecule has 0 atom stereocenters. The molecule has 13 heavy (non-hydrogen) atoms. The molecule has 0 aliphatic rings. The van der Waals surface area contributed by atoms with Crippen LogP contribution in [0.1, 0.15) is 26.1 Å². The second-order valence-electron chi connectivity index (χ2n) is 3.49. The van der Waals surface area contributed by atoms with Gasteiger partial charge in [-0.15, -0.1) is 0 Å². The number of aromatic nitrogens is 2. The van der Waals surface area contributed by atoms with Gasteiger partial charge in [-0.2, -0.15) is 0 Å². The van der Waals surface area contributed by atoms with Crippen molar-refractivity contribution < 1.29 is 0 Å². The lowest BCUT2D eigenvalue weighted by atomic mass is 10.1. The lowest BCUT2D eigenvalue weighted by molar-refractivity contribution is 0.514. The highest BCUT2D eigenvalue weighted by molar-refractivity contribution is 7.80. The minimum atomic E-state index is 0.369. The van der Waals surface area contributed by atoms with Crippen LogP contribution >= 0.6 is 12.2 Å². The number of aryl methyl sites for hydroxylation is 1. The number of thiocarbonyl (C=S) groups is 1. The number of nitrogens with two attached hydrogens (primary N) is 1. The van der Waals surface area contributed by atoms with Crippen molar-refractivity contribution in [3.63, 3.8) is 0 Å². The summed E-state index contributed by atoms with van der Waals surface area (Å²) in [4.78, 5) is 4.46. The van der Waals surface area contributed by atoms with Crippen LogP contribution in [0.5, 0.6) is 0 Å². The zero-order valence-electron chi connectivity index (χ0n) is 8.03. The summed E-state index contributed by atoms with van der Waals surface area (Å²) in [5.41, 5.74) is 5.51. The third kappa shape index (κ3) is 2.81. The molecule has 0 bridgehead atoms. The molecule has 0 unspecified atom stereocenters. The van der Waals surface area contributed by atoms with Crippen LogP contribution in [-0.2, 0) is 6.54 Å². The summed E-state index contributed by atoms with van der Waals surface area (Å²) in [6, 6.07) is 0. The summed E-state index contributed by atoms with van der Waals surface area (Å²) in [5, 5.41) is 0. The molecular formula is C9H15N3S. The Morgan fingerprint density at radius 2 is 2.38 bits per heavy atom. The largest absolute Gasteiger partial charge is 0.387 e. The van der Waals surface area contributed by atoms with Gasteiger partial charge in [0, 0.05) is 18.9 Å². The highest BCUT2D eigenvalue weighted by Gasteiger charge is 2.05. The van der Waals surface area contributed by atoms with Gasteiger partial charge in [-0.1, -0.05) is 26.1 Å². The van der Waals surface area contributed by atoms with Gasteiger partial charge in [-0.05, 0) is 12.3 Å². The predicted octanol–water partition coefficient (Wildman–Crippen LogP) is 1.56. The van der Waals surface area contributed by atoms with Crippen LogP contribution in [0, 0.1) is 5.92 Å². The van der Waals surface area contributed by atoms with Crippen LogP contribution in [0.15, 0.2) is 12.4 Å². The average Bonchev–Trinajstić information content (AvgIpc) is 2.47. The predicted molar refractivity (Wildman–Crippen MR) is 57.6 cm³/mol. The van der Waals surface area contributed by atoms with Crippen LogP contribution in [0.25, 0.3) is 0 Å². The molecule has 4 heteroatoms. The number of imidazole rings is 1. The summed E-state index contributed by atoms with van der Waals surface area (Å²) >= 11 is 4.88. The molecule has 0 spiro atoms. The average molecular weight is 197 g/mol. The van der Waals surface area contributed by atoms with Crippen molar-refractivity contribution in [2.45, 2.75) is 26.8 Å². The van der Waals surface area contributed by atoms with E-state index in [0.717, 1.165) is 18.8 Å². The Morgan fingerprint density at radius 1 is 1.69 bits per heavy atom. The molecule has 3 nitrogen and oxygen atoms in total. The molecule has 0 aromatic carbocycles. The van der Waals surface area contributed by atoms with E-state index in [4.69, 9.17) is 18.0 Å². The normalized spacial score (nSPS) is 10.7. The van der Waals surface area contributed by atoms with Crippen molar-refractivity contribution in [3.8, 4) is 0 Å². The lowest BCUT2D eigenvalue weighted by Gasteiger charge is -2.08. The minimum absolute atomic E-state index is 0.369. The Labute approximate surface area is 84.0 Å². The second-order valence-corrected chi connectivity index (χ2v) is 3.93. The van der Waals surface area contributed by atoms with E-state index < -0.39 is 0 Å². The number of hydrogen-bond donors (Lipinski definition) is 1. The first-order valence-corrected chi connectivity index (χ1v) is 4.83. The first-order valence-electron chi connectivity index (χ1n) is 4.42. The van der Waals surface area contributed by atoms with Gasteiger partial charge in [0.2, 0.25) is 0 Å². The molecule has 1 aromatic heterocycles. The second kappa shape index (κ2) is 4.37. The van der Waals surface area contributed by atoms with E-state index in [1.54, 1.807) is 6.20 Å². The quantitative estimate of drug-likeness (QED) is 0.745. The van der Waals surface area contributed by atoms with Crippen LogP contribution in [0.3, 0.4) is 0 Å². The third-order valence-electron chi connectivity index (χ3n) is 1.88. The maximum Gasteiger partial charge on any atom is 0.167 e. The number of nitrogens with zero attached hydrogens (tertiary/aromatic N) is 2.